The zero-order chi connectivity index (χ0) is 14.7. The van der Waals surface area contributed by atoms with E-state index in [2.05, 4.69) is 27.5 Å². The first-order valence-electron chi connectivity index (χ1n) is 6.40. The van der Waals surface area contributed by atoms with Gasteiger partial charge in [0.25, 0.3) is 0 Å². The van der Waals surface area contributed by atoms with E-state index in [0.29, 0.717) is 24.2 Å². The van der Waals surface area contributed by atoms with Gasteiger partial charge in [-0.05, 0) is 25.8 Å². The molecular formula is C13H17ClN4OS. The molecule has 0 fully saturated rings. The van der Waals surface area contributed by atoms with Crippen molar-refractivity contribution >= 4 is 45.0 Å². The van der Waals surface area contributed by atoms with Crippen molar-refractivity contribution in [3.8, 4) is 0 Å². The van der Waals surface area contributed by atoms with E-state index in [1.807, 2.05) is 6.92 Å². The summed E-state index contributed by atoms with van der Waals surface area (Å²) in [6, 6.07) is 0. The van der Waals surface area contributed by atoms with E-state index in [9.17, 15) is 4.79 Å². The van der Waals surface area contributed by atoms with Crippen LogP contribution in [0.1, 0.15) is 23.8 Å². The number of hydrogen-bond donors (Lipinski definition) is 2. The highest BCUT2D eigenvalue weighted by Gasteiger charge is 2.12. The largest absolute Gasteiger partial charge is 0.356 e. The number of carbonyl (C=O) groups excluding carboxylic acids is 1. The van der Waals surface area contributed by atoms with Gasteiger partial charge in [0.1, 0.15) is 9.98 Å². The summed E-state index contributed by atoms with van der Waals surface area (Å²) < 4.78 is 0. The Kier molecular flexibility index (Phi) is 4.77. The predicted molar refractivity (Wildman–Crippen MR) is 83.7 cm³/mol. The summed E-state index contributed by atoms with van der Waals surface area (Å²) in [6.07, 6.45) is 0.807. The fraction of sp³-hybridized carbons (Fsp3) is 0.462. The van der Waals surface area contributed by atoms with E-state index < -0.39 is 0 Å². The first kappa shape index (κ1) is 15.0. The quantitative estimate of drug-likeness (QED) is 0.658. The first-order chi connectivity index (χ1) is 9.49. The molecule has 0 aromatic carbocycles. The summed E-state index contributed by atoms with van der Waals surface area (Å²) >= 11 is 7.84. The van der Waals surface area contributed by atoms with Crippen molar-refractivity contribution in [3.05, 3.63) is 15.6 Å². The molecule has 0 bridgehead atoms. The average molecular weight is 313 g/mol. The Morgan fingerprint density at radius 3 is 2.75 bits per heavy atom. The lowest BCUT2D eigenvalue weighted by molar-refractivity contribution is -0.118. The van der Waals surface area contributed by atoms with Gasteiger partial charge in [-0.1, -0.05) is 11.6 Å². The van der Waals surface area contributed by atoms with Crippen molar-refractivity contribution in [2.24, 2.45) is 0 Å². The predicted octanol–water partition coefficient (Wildman–Crippen LogP) is 2.90. The molecule has 0 aliphatic carbocycles. The lowest BCUT2D eigenvalue weighted by Gasteiger charge is -2.06. The Labute approximate surface area is 126 Å². The molecule has 2 heterocycles. The van der Waals surface area contributed by atoms with Gasteiger partial charge in [-0.3, -0.25) is 4.79 Å². The molecule has 2 N–H and O–H groups in total. The monoisotopic (exact) mass is 312 g/mol. The molecule has 0 aliphatic heterocycles. The van der Waals surface area contributed by atoms with Crippen LogP contribution in [0.2, 0.25) is 5.15 Å². The molecule has 0 spiro atoms. The topological polar surface area (TPSA) is 66.9 Å². The van der Waals surface area contributed by atoms with Crippen molar-refractivity contribution in [1.29, 1.82) is 0 Å². The summed E-state index contributed by atoms with van der Waals surface area (Å²) in [7, 11) is 0. The highest BCUT2D eigenvalue weighted by molar-refractivity contribution is 7.18. The Bertz CT molecular complexity index is 641. The molecule has 2 rings (SSSR count). The minimum atomic E-state index is -0.0183. The van der Waals surface area contributed by atoms with Gasteiger partial charge in [-0.25, -0.2) is 9.97 Å². The van der Waals surface area contributed by atoms with Crippen LogP contribution in [0.25, 0.3) is 10.2 Å². The van der Waals surface area contributed by atoms with Crippen molar-refractivity contribution in [3.63, 3.8) is 0 Å². The molecule has 0 aliphatic rings. The molecule has 1 amide bonds. The normalized spacial score (nSPS) is 10.8. The third-order valence-corrected chi connectivity index (χ3v) is 4.37. The Morgan fingerprint density at radius 2 is 2.05 bits per heavy atom. The summed E-state index contributed by atoms with van der Waals surface area (Å²) in [6.45, 7) is 6.91. The van der Waals surface area contributed by atoms with E-state index in [-0.39, 0.29) is 5.91 Å². The lowest BCUT2D eigenvalue weighted by Crippen LogP contribution is -2.22. The van der Waals surface area contributed by atoms with Crippen LogP contribution < -0.4 is 10.6 Å². The number of halogens is 1. The lowest BCUT2D eigenvalue weighted by atomic mass is 10.2. The SMILES string of the molecule is CC(=O)NCCCNc1nc(Cl)c2c(C)c(C)sc2n1. The van der Waals surface area contributed by atoms with E-state index in [4.69, 9.17) is 11.6 Å². The molecular weight excluding hydrogens is 296 g/mol. The Morgan fingerprint density at radius 1 is 1.30 bits per heavy atom. The maximum absolute atomic E-state index is 10.7. The van der Waals surface area contributed by atoms with E-state index >= 15 is 0 Å². The number of aromatic nitrogens is 2. The summed E-state index contributed by atoms with van der Waals surface area (Å²) in [5, 5.41) is 7.30. The van der Waals surface area contributed by atoms with Crippen LogP contribution in [0, 0.1) is 13.8 Å². The second-order valence-electron chi connectivity index (χ2n) is 4.56. The van der Waals surface area contributed by atoms with Crippen LogP contribution >= 0.6 is 22.9 Å². The number of carbonyl (C=O) groups is 1. The fourth-order valence-electron chi connectivity index (χ4n) is 1.83. The van der Waals surface area contributed by atoms with E-state index in [1.54, 1.807) is 11.3 Å². The highest BCUT2D eigenvalue weighted by atomic mass is 35.5. The second kappa shape index (κ2) is 6.37. The van der Waals surface area contributed by atoms with Gasteiger partial charge in [-0.2, -0.15) is 0 Å². The van der Waals surface area contributed by atoms with Crippen LogP contribution in [0.15, 0.2) is 0 Å². The zero-order valence-electron chi connectivity index (χ0n) is 11.7. The van der Waals surface area contributed by atoms with Crippen LogP contribution in [-0.4, -0.2) is 29.0 Å². The van der Waals surface area contributed by atoms with Crippen LogP contribution in [0.5, 0.6) is 0 Å². The van der Waals surface area contributed by atoms with Gasteiger partial charge in [0, 0.05) is 24.9 Å². The summed E-state index contributed by atoms with van der Waals surface area (Å²) in [4.78, 5) is 21.6. The smallest absolute Gasteiger partial charge is 0.225 e. The maximum Gasteiger partial charge on any atom is 0.225 e. The standard InChI is InChI=1S/C13H17ClN4OS/c1-7-8(2)20-12-10(7)11(14)17-13(18-12)16-6-4-5-15-9(3)19/h4-6H2,1-3H3,(H,15,19)(H,16,17,18). The van der Waals surface area contributed by atoms with Crippen LogP contribution in [0.4, 0.5) is 5.95 Å². The van der Waals surface area contributed by atoms with Gasteiger partial charge < -0.3 is 10.6 Å². The Balaban J connectivity index is 2.03. The first-order valence-corrected chi connectivity index (χ1v) is 7.60. The minimum absolute atomic E-state index is 0.0183. The number of nitrogens with one attached hydrogen (secondary N) is 2. The van der Waals surface area contributed by atoms with Gasteiger partial charge in [-0.15, -0.1) is 11.3 Å². The third kappa shape index (κ3) is 3.37. The number of rotatable bonds is 5. The van der Waals surface area contributed by atoms with Crippen molar-refractivity contribution in [2.45, 2.75) is 27.2 Å². The molecule has 0 saturated heterocycles. The number of thiophene rings is 1. The molecule has 108 valence electrons. The second-order valence-corrected chi connectivity index (χ2v) is 6.13. The minimum Gasteiger partial charge on any atom is -0.356 e. The highest BCUT2D eigenvalue weighted by Crippen LogP contribution is 2.33. The number of anilines is 1. The molecule has 20 heavy (non-hydrogen) atoms. The zero-order valence-corrected chi connectivity index (χ0v) is 13.3. The summed E-state index contributed by atoms with van der Waals surface area (Å²) in [5.74, 6) is 0.516. The van der Waals surface area contributed by atoms with E-state index in [1.165, 1.54) is 11.8 Å². The number of fused-ring (bicyclic) bond motifs is 1. The molecule has 0 unspecified atom stereocenters. The van der Waals surface area contributed by atoms with E-state index in [0.717, 1.165) is 22.2 Å². The molecule has 2 aromatic heterocycles. The van der Waals surface area contributed by atoms with Crippen LogP contribution in [-0.2, 0) is 4.79 Å². The van der Waals surface area contributed by atoms with Gasteiger partial charge >= 0.3 is 0 Å². The average Bonchev–Trinajstić information content (AvgIpc) is 2.64. The Hall–Kier alpha value is -1.40. The van der Waals surface area contributed by atoms with Crippen molar-refractivity contribution in [1.82, 2.24) is 15.3 Å². The maximum atomic E-state index is 10.7. The summed E-state index contributed by atoms with van der Waals surface area (Å²) in [5.41, 5.74) is 1.15. The van der Waals surface area contributed by atoms with Crippen molar-refractivity contribution in [2.75, 3.05) is 18.4 Å². The number of aryl methyl sites for hydroxylation is 2. The number of nitrogens with zero attached hydrogens (tertiary/aromatic N) is 2. The van der Waals surface area contributed by atoms with Gasteiger partial charge in [0.15, 0.2) is 0 Å². The number of hydrogen-bond acceptors (Lipinski definition) is 5. The molecule has 0 atom stereocenters. The molecule has 0 radical (unpaired) electrons. The van der Waals surface area contributed by atoms with Crippen LogP contribution in [0.3, 0.4) is 0 Å². The molecule has 5 nitrogen and oxygen atoms in total. The van der Waals surface area contributed by atoms with Gasteiger partial charge in [0.2, 0.25) is 11.9 Å². The van der Waals surface area contributed by atoms with Crippen molar-refractivity contribution < 1.29 is 4.79 Å². The van der Waals surface area contributed by atoms with Gasteiger partial charge in [0.05, 0.1) is 5.39 Å². The third-order valence-electron chi connectivity index (χ3n) is 3.00. The molecule has 7 heteroatoms. The molecule has 2 aromatic rings. The molecule has 0 saturated carbocycles. The number of amides is 1. The fourth-order valence-corrected chi connectivity index (χ4v) is 3.23.